The van der Waals surface area contributed by atoms with Crippen molar-refractivity contribution >= 4 is 17.3 Å². The molecule has 0 aliphatic carbocycles. The van der Waals surface area contributed by atoms with E-state index in [0.29, 0.717) is 13.1 Å². The second kappa shape index (κ2) is 9.20. The van der Waals surface area contributed by atoms with Crippen LogP contribution in [0.4, 0.5) is 0 Å². The molecule has 0 bridgehead atoms. The molecule has 0 unspecified atom stereocenters. The number of aromatic nitrogens is 1. The van der Waals surface area contributed by atoms with Crippen LogP contribution in [0.25, 0.3) is 21.0 Å². The number of ether oxygens (including phenoxy) is 1. The molecule has 0 radical (unpaired) electrons. The predicted molar refractivity (Wildman–Crippen MR) is 125 cm³/mol. The molecule has 162 valence electrons. The van der Waals surface area contributed by atoms with Crippen LogP contribution < -0.4 is 4.74 Å². The van der Waals surface area contributed by atoms with Crippen LogP contribution in [-0.2, 0) is 17.8 Å². The molecule has 1 aliphatic heterocycles. The van der Waals surface area contributed by atoms with E-state index >= 15 is 0 Å². The van der Waals surface area contributed by atoms with Crippen LogP contribution in [0, 0.1) is 5.92 Å². The third-order valence-electron chi connectivity index (χ3n) is 5.51. The first-order chi connectivity index (χ1) is 14.9. The van der Waals surface area contributed by atoms with E-state index in [4.69, 9.17) is 14.8 Å². The SMILES string of the molecule is CCc1cc(CN2CC(C(=O)O)C2)ccc1-c1ncc(-c2ccc(OC(C)C)cc2)s1. The summed E-state index contributed by atoms with van der Waals surface area (Å²) in [5, 5.41) is 10.1. The Balaban J connectivity index is 1.48. The molecule has 0 saturated carbocycles. The molecular formula is C25H28N2O3S. The number of thiazole rings is 1. The topological polar surface area (TPSA) is 62.7 Å². The smallest absolute Gasteiger partial charge is 0.309 e. The number of benzene rings is 2. The van der Waals surface area contributed by atoms with Crippen molar-refractivity contribution in [3.63, 3.8) is 0 Å². The van der Waals surface area contributed by atoms with Crippen LogP contribution in [0.15, 0.2) is 48.7 Å². The quantitative estimate of drug-likeness (QED) is 0.516. The fourth-order valence-corrected chi connectivity index (χ4v) is 4.84. The van der Waals surface area contributed by atoms with E-state index in [-0.39, 0.29) is 12.0 Å². The van der Waals surface area contributed by atoms with Crippen LogP contribution in [0.1, 0.15) is 31.9 Å². The molecular weight excluding hydrogens is 408 g/mol. The van der Waals surface area contributed by atoms with E-state index in [2.05, 4.69) is 42.2 Å². The van der Waals surface area contributed by atoms with Gasteiger partial charge in [0.1, 0.15) is 10.8 Å². The average molecular weight is 437 g/mol. The minimum Gasteiger partial charge on any atom is -0.491 e. The van der Waals surface area contributed by atoms with Gasteiger partial charge in [-0.15, -0.1) is 11.3 Å². The van der Waals surface area contributed by atoms with Crippen molar-refractivity contribution in [1.82, 2.24) is 9.88 Å². The van der Waals surface area contributed by atoms with Crippen molar-refractivity contribution in [1.29, 1.82) is 0 Å². The second-order valence-electron chi connectivity index (χ2n) is 8.29. The van der Waals surface area contributed by atoms with Gasteiger partial charge in [-0.2, -0.15) is 0 Å². The van der Waals surface area contributed by atoms with Crippen molar-refractivity contribution in [2.75, 3.05) is 13.1 Å². The number of rotatable bonds is 8. The third kappa shape index (κ3) is 4.97. The molecule has 4 rings (SSSR count). The van der Waals surface area contributed by atoms with E-state index in [1.54, 1.807) is 11.3 Å². The van der Waals surface area contributed by atoms with Gasteiger partial charge in [0.2, 0.25) is 0 Å². The molecule has 6 heteroatoms. The molecule has 1 N–H and O–H groups in total. The Morgan fingerprint density at radius 3 is 2.61 bits per heavy atom. The van der Waals surface area contributed by atoms with Crippen molar-refractivity contribution in [3.8, 4) is 26.8 Å². The molecule has 0 spiro atoms. The molecule has 2 heterocycles. The number of aliphatic carboxylic acids is 1. The van der Waals surface area contributed by atoms with Gasteiger partial charge in [0.05, 0.1) is 16.9 Å². The first-order valence-corrected chi connectivity index (χ1v) is 11.5. The lowest BCUT2D eigenvalue weighted by Crippen LogP contribution is -2.49. The number of carboxylic acids is 1. The average Bonchev–Trinajstić information content (AvgIpc) is 3.20. The molecule has 1 aliphatic rings. The Bertz CT molecular complexity index is 1050. The van der Waals surface area contributed by atoms with Gasteiger partial charge in [-0.05, 0) is 61.2 Å². The summed E-state index contributed by atoms with van der Waals surface area (Å²) in [7, 11) is 0. The number of hydrogen-bond acceptors (Lipinski definition) is 5. The minimum absolute atomic E-state index is 0.163. The lowest BCUT2D eigenvalue weighted by atomic mass is 9.97. The minimum atomic E-state index is -0.692. The largest absolute Gasteiger partial charge is 0.491 e. The predicted octanol–water partition coefficient (Wildman–Crippen LogP) is 5.34. The second-order valence-corrected chi connectivity index (χ2v) is 9.33. The van der Waals surface area contributed by atoms with E-state index in [1.165, 1.54) is 16.7 Å². The molecule has 1 saturated heterocycles. The summed E-state index contributed by atoms with van der Waals surface area (Å²) in [5.41, 5.74) is 4.81. The molecule has 1 fully saturated rings. The Hall–Kier alpha value is -2.70. The van der Waals surface area contributed by atoms with E-state index in [1.807, 2.05) is 32.2 Å². The molecule has 0 atom stereocenters. The van der Waals surface area contributed by atoms with E-state index in [0.717, 1.165) is 34.2 Å². The fourth-order valence-electron chi connectivity index (χ4n) is 3.86. The molecule has 0 amide bonds. The highest BCUT2D eigenvalue weighted by Gasteiger charge is 2.32. The third-order valence-corrected chi connectivity index (χ3v) is 6.59. The van der Waals surface area contributed by atoms with Gasteiger partial charge in [0.15, 0.2) is 0 Å². The van der Waals surface area contributed by atoms with Crippen molar-refractivity contribution in [3.05, 3.63) is 59.8 Å². The van der Waals surface area contributed by atoms with Gasteiger partial charge in [-0.1, -0.05) is 25.1 Å². The van der Waals surface area contributed by atoms with E-state index < -0.39 is 5.97 Å². The number of hydrogen-bond donors (Lipinski definition) is 1. The van der Waals surface area contributed by atoms with Gasteiger partial charge in [-0.25, -0.2) is 4.98 Å². The van der Waals surface area contributed by atoms with Crippen LogP contribution in [0.3, 0.4) is 0 Å². The van der Waals surface area contributed by atoms with Crippen LogP contribution >= 0.6 is 11.3 Å². The Morgan fingerprint density at radius 1 is 1.23 bits per heavy atom. The van der Waals surface area contributed by atoms with Crippen LogP contribution in [0.5, 0.6) is 5.75 Å². The summed E-state index contributed by atoms with van der Waals surface area (Å²) < 4.78 is 5.73. The van der Waals surface area contributed by atoms with Gasteiger partial charge >= 0.3 is 5.97 Å². The summed E-state index contributed by atoms with van der Waals surface area (Å²) in [4.78, 5) is 19.0. The fraction of sp³-hybridized carbons (Fsp3) is 0.360. The van der Waals surface area contributed by atoms with E-state index in [9.17, 15) is 4.79 Å². The van der Waals surface area contributed by atoms with Gasteiger partial charge in [0, 0.05) is 31.4 Å². The summed E-state index contributed by atoms with van der Waals surface area (Å²) in [5.74, 6) is -0.0311. The standard InChI is InChI=1S/C25H28N2O3S/c1-4-18-11-17(13-27-14-20(15-27)25(28)29)5-10-22(18)24-26-12-23(31-24)19-6-8-21(9-7-19)30-16(2)3/h5-12,16,20H,4,13-15H2,1-3H3,(H,28,29). The number of nitrogens with zero attached hydrogens (tertiary/aromatic N) is 2. The lowest BCUT2D eigenvalue weighted by Gasteiger charge is -2.36. The maximum absolute atomic E-state index is 11.0. The molecule has 2 aromatic carbocycles. The van der Waals surface area contributed by atoms with Gasteiger partial charge < -0.3 is 9.84 Å². The maximum atomic E-state index is 11.0. The van der Waals surface area contributed by atoms with Crippen molar-refractivity contribution in [2.45, 2.75) is 39.8 Å². The number of aryl methyl sites for hydroxylation is 1. The van der Waals surface area contributed by atoms with Crippen LogP contribution in [-0.4, -0.2) is 40.2 Å². The van der Waals surface area contributed by atoms with Crippen LogP contribution in [0.2, 0.25) is 0 Å². The Labute approximate surface area is 187 Å². The summed E-state index contributed by atoms with van der Waals surface area (Å²) in [6.45, 7) is 8.27. The highest BCUT2D eigenvalue weighted by molar-refractivity contribution is 7.18. The van der Waals surface area contributed by atoms with Gasteiger partial charge in [-0.3, -0.25) is 9.69 Å². The van der Waals surface area contributed by atoms with Crippen molar-refractivity contribution < 1.29 is 14.6 Å². The lowest BCUT2D eigenvalue weighted by molar-refractivity contribution is -0.147. The number of likely N-dealkylation sites (tertiary alicyclic amines) is 1. The first-order valence-electron chi connectivity index (χ1n) is 10.7. The highest BCUT2D eigenvalue weighted by Crippen LogP contribution is 2.35. The monoisotopic (exact) mass is 436 g/mol. The zero-order valence-electron chi connectivity index (χ0n) is 18.2. The number of carbonyl (C=O) groups is 1. The first kappa shape index (κ1) is 21.5. The summed E-state index contributed by atoms with van der Waals surface area (Å²) in [6, 6.07) is 14.7. The summed E-state index contributed by atoms with van der Waals surface area (Å²) in [6.07, 6.45) is 3.03. The zero-order valence-corrected chi connectivity index (χ0v) is 19.0. The zero-order chi connectivity index (χ0) is 22.0. The Kier molecular flexibility index (Phi) is 6.39. The van der Waals surface area contributed by atoms with Crippen molar-refractivity contribution in [2.24, 2.45) is 5.92 Å². The normalized spacial score (nSPS) is 14.6. The molecule has 31 heavy (non-hydrogen) atoms. The number of carboxylic acid groups (broad SMARTS) is 1. The molecule has 1 aromatic heterocycles. The molecule has 5 nitrogen and oxygen atoms in total. The Morgan fingerprint density at radius 2 is 1.97 bits per heavy atom. The maximum Gasteiger partial charge on any atom is 0.309 e. The highest BCUT2D eigenvalue weighted by atomic mass is 32.1. The van der Waals surface area contributed by atoms with Gasteiger partial charge in [0.25, 0.3) is 0 Å². The molecule has 3 aromatic rings. The summed E-state index contributed by atoms with van der Waals surface area (Å²) >= 11 is 1.70.